The first kappa shape index (κ1) is 14.5. The molecule has 0 amide bonds. The number of nitrogens with one attached hydrogen (secondary N) is 1. The van der Waals surface area contributed by atoms with Gasteiger partial charge in [0.05, 0.1) is 12.4 Å². The zero-order valence-electron chi connectivity index (χ0n) is 11.9. The molecule has 0 saturated heterocycles. The molecule has 0 heterocycles. The molecule has 1 aliphatic rings. The Labute approximate surface area is 118 Å². The number of hydrogen-bond donors (Lipinski definition) is 1. The molecule has 1 aromatic carbocycles. The Morgan fingerprint density at radius 2 is 2.21 bits per heavy atom. The van der Waals surface area contributed by atoms with E-state index < -0.39 is 10.8 Å². The van der Waals surface area contributed by atoms with Crippen molar-refractivity contribution in [3.05, 3.63) is 29.3 Å². The van der Waals surface area contributed by atoms with E-state index in [2.05, 4.69) is 31.3 Å². The maximum Gasteiger partial charge on any atom is 0.119 e. The van der Waals surface area contributed by atoms with E-state index in [0.717, 1.165) is 30.9 Å². The molecule has 1 N–H and O–H groups in total. The molecule has 1 aliphatic carbocycles. The number of fused-ring (bicyclic) bond motifs is 1. The monoisotopic (exact) mass is 281 g/mol. The van der Waals surface area contributed by atoms with E-state index in [1.165, 1.54) is 11.1 Å². The van der Waals surface area contributed by atoms with Gasteiger partial charge < -0.3 is 10.1 Å². The fraction of sp³-hybridized carbons (Fsp3) is 0.600. The zero-order chi connectivity index (χ0) is 13.8. The molecule has 1 aromatic rings. The highest BCUT2D eigenvalue weighted by Gasteiger charge is 2.35. The molecule has 0 fully saturated rings. The average molecular weight is 281 g/mol. The molecule has 106 valence electrons. The van der Waals surface area contributed by atoms with Crippen LogP contribution in [0.5, 0.6) is 5.75 Å². The SMILES string of the molecule is CCCS(=O)C1Cc2ccc(OC)cc2C1NCC. The van der Waals surface area contributed by atoms with E-state index in [-0.39, 0.29) is 11.3 Å². The predicted octanol–water partition coefficient (Wildman–Crippen LogP) is 2.43. The lowest BCUT2D eigenvalue weighted by molar-refractivity contribution is 0.413. The minimum absolute atomic E-state index is 0.196. The maximum atomic E-state index is 12.4. The van der Waals surface area contributed by atoms with Crippen molar-refractivity contribution < 1.29 is 8.95 Å². The molecule has 4 heteroatoms. The molecule has 0 bridgehead atoms. The average Bonchev–Trinajstić information content (AvgIpc) is 2.78. The van der Waals surface area contributed by atoms with Crippen molar-refractivity contribution in [1.82, 2.24) is 5.32 Å². The molecule has 2 rings (SSSR count). The molecule has 3 nitrogen and oxygen atoms in total. The van der Waals surface area contributed by atoms with Gasteiger partial charge in [-0.1, -0.05) is 19.9 Å². The second-order valence-corrected chi connectivity index (χ2v) is 6.70. The summed E-state index contributed by atoms with van der Waals surface area (Å²) in [7, 11) is 0.921. The topological polar surface area (TPSA) is 38.3 Å². The fourth-order valence-corrected chi connectivity index (χ4v) is 4.39. The Balaban J connectivity index is 2.29. The van der Waals surface area contributed by atoms with E-state index in [9.17, 15) is 4.21 Å². The number of hydrogen-bond acceptors (Lipinski definition) is 3. The predicted molar refractivity (Wildman–Crippen MR) is 80.2 cm³/mol. The highest BCUT2D eigenvalue weighted by Crippen LogP contribution is 2.36. The van der Waals surface area contributed by atoms with Crippen LogP contribution in [0.2, 0.25) is 0 Å². The lowest BCUT2D eigenvalue weighted by Gasteiger charge is -2.21. The Morgan fingerprint density at radius 1 is 1.42 bits per heavy atom. The van der Waals surface area contributed by atoms with Crippen LogP contribution in [0.3, 0.4) is 0 Å². The van der Waals surface area contributed by atoms with E-state index in [1.807, 2.05) is 6.07 Å². The molecular formula is C15H23NO2S. The van der Waals surface area contributed by atoms with E-state index in [1.54, 1.807) is 7.11 Å². The fourth-order valence-electron chi connectivity index (χ4n) is 2.77. The first-order valence-electron chi connectivity index (χ1n) is 6.98. The summed E-state index contributed by atoms with van der Waals surface area (Å²) in [5.74, 6) is 1.67. The summed E-state index contributed by atoms with van der Waals surface area (Å²) >= 11 is 0. The summed E-state index contributed by atoms with van der Waals surface area (Å²) in [4.78, 5) is 0. The molecule has 0 spiro atoms. The van der Waals surface area contributed by atoms with Gasteiger partial charge in [-0.3, -0.25) is 4.21 Å². The van der Waals surface area contributed by atoms with Crippen LogP contribution in [0.1, 0.15) is 37.4 Å². The zero-order valence-corrected chi connectivity index (χ0v) is 12.8. The van der Waals surface area contributed by atoms with Gasteiger partial charge in [0.25, 0.3) is 0 Å². The highest BCUT2D eigenvalue weighted by molar-refractivity contribution is 7.85. The van der Waals surface area contributed by atoms with E-state index in [4.69, 9.17) is 4.74 Å². The Morgan fingerprint density at radius 3 is 2.84 bits per heavy atom. The van der Waals surface area contributed by atoms with Crippen LogP contribution in [0.15, 0.2) is 18.2 Å². The normalized spacial score (nSPS) is 23.1. The molecule has 0 aliphatic heterocycles. The van der Waals surface area contributed by atoms with Gasteiger partial charge in [-0.15, -0.1) is 0 Å². The van der Waals surface area contributed by atoms with Crippen molar-refractivity contribution in [1.29, 1.82) is 0 Å². The van der Waals surface area contributed by atoms with Gasteiger partial charge in [0, 0.05) is 22.6 Å². The minimum atomic E-state index is -0.765. The molecule has 0 radical (unpaired) electrons. The molecule has 3 unspecified atom stereocenters. The van der Waals surface area contributed by atoms with E-state index >= 15 is 0 Å². The number of ether oxygens (including phenoxy) is 1. The van der Waals surface area contributed by atoms with Crippen LogP contribution < -0.4 is 10.1 Å². The summed E-state index contributed by atoms with van der Waals surface area (Å²) < 4.78 is 17.7. The molecule has 3 atom stereocenters. The van der Waals surface area contributed by atoms with Crippen LogP contribution in [-0.4, -0.2) is 28.9 Å². The van der Waals surface area contributed by atoms with Gasteiger partial charge in [-0.25, -0.2) is 0 Å². The van der Waals surface area contributed by atoms with Gasteiger partial charge in [0.1, 0.15) is 5.75 Å². The van der Waals surface area contributed by atoms with Gasteiger partial charge in [-0.05, 0) is 42.6 Å². The third kappa shape index (κ3) is 3.00. The Kier molecular flexibility index (Phi) is 4.99. The van der Waals surface area contributed by atoms with Crippen LogP contribution in [0, 0.1) is 0 Å². The third-order valence-electron chi connectivity index (χ3n) is 3.65. The Bertz CT molecular complexity index is 461. The van der Waals surface area contributed by atoms with Gasteiger partial charge in [0.2, 0.25) is 0 Å². The van der Waals surface area contributed by atoms with Crippen LogP contribution in [0.25, 0.3) is 0 Å². The van der Waals surface area contributed by atoms with Crippen molar-refractivity contribution in [3.8, 4) is 5.75 Å². The Hall–Kier alpha value is -0.870. The largest absolute Gasteiger partial charge is 0.497 e. The second-order valence-electron chi connectivity index (χ2n) is 4.93. The maximum absolute atomic E-state index is 12.4. The molecular weight excluding hydrogens is 258 g/mol. The van der Waals surface area contributed by atoms with Crippen molar-refractivity contribution >= 4 is 10.8 Å². The first-order valence-corrected chi connectivity index (χ1v) is 8.36. The van der Waals surface area contributed by atoms with Gasteiger partial charge in [-0.2, -0.15) is 0 Å². The van der Waals surface area contributed by atoms with Crippen molar-refractivity contribution in [2.75, 3.05) is 19.4 Å². The van der Waals surface area contributed by atoms with Crippen LogP contribution in [-0.2, 0) is 17.2 Å². The summed E-state index contributed by atoms with van der Waals surface area (Å²) in [5.41, 5.74) is 2.57. The second kappa shape index (κ2) is 6.53. The molecule has 0 aromatic heterocycles. The van der Waals surface area contributed by atoms with Crippen molar-refractivity contribution in [2.24, 2.45) is 0 Å². The standard InChI is InChI=1S/C15H23NO2S/c1-4-8-19(17)14-9-11-6-7-12(18-3)10-13(11)15(14)16-5-2/h6-7,10,14-16H,4-5,8-9H2,1-3H3. The van der Waals surface area contributed by atoms with Gasteiger partial charge >= 0.3 is 0 Å². The highest BCUT2D eigenvalue weighted by atomic mass is 32.2. The third-order valence-corrected chi connectivity index (χ3v) is 5.57. The minimum Gasteiger partial charge on any atom is -0.497 e. The van der Waals surface area contributed by atoms with Crippen molar-refractivity contribution in [2.45, 2.75) is 38.0 Å². The number of rotatable bonds is 6. The quantitative estimate of drug-likeness (QED) is 0.870. The lowest BCUT2D eigenvalue weighted by atomic mass is 10.1. The molecule has 19 heavy (non-hydrogen) atoms. The smallest absolute Gasteiger partial charge is 0.119 e. The summed E-state index contributed by atoms with van der Waals surface area (Å²) in [6.07, 6.45) is 1.88. The van der Waals surface area contributed by atoms with E-state index in [0.29, 0.717) is 0 Å². The molecule has 0 saturated carbocycles. The van der Waals surface area contributed by atoms with Crippen LogP contribution in [0.4, 0.5) is 0 Å². The first-order chi connectivity index (χ1) is 9.21. The summed E-state index contributed by atoms with van der Waals surface area (Å²) in [5, 5.41) is 3.69. The summed E-state index contributed by atoms with van der Waals surface area (Å²) in [6, 6.07) is 6.39. The number of benzene rings is 1. The van der Waals surface area contributed by atoms with Crippen LogP contribution >= 0.6 is 0 Å². The van der Waals surface area contributed by atoms with Crippen molar-refractivity contribution in [3.63, 3.8) is 0 Å². The van der Waals surface area contributed by atoms with Gasteiger partial charge in [0.15, 0.2) is 0 Å². The lowest BCUT2D eigenvalue weighted by Crippen LogP contribution is -2.32. The number of methoxy groups -OCH3 is 1. The summed E-state index contributed by atoms with van der Waals surface area (Å²) in [6.45, 7) is 5.07.